The van der Waals surface area contributed by atoms with E-state index in [9.17, 15) is 9.18 Å². The van der Waals surface area contributed by atoms with E-state index in [1.807, 2.05) is 0 Å². The van der Waals surface area contributed by atoms with Crippen molar-refractivity contribution in [1.29, 1.82) is 0 Å². The number of amides is 1. The molecule has 0 unspecified atom stereocenters. The smallest absolute Gasteiger partial charge is 0.241 e. The van der Waals surface area contributed by atoms with Crippen LogP contribution in [-0.2, 0) is 11.2 Å². The van der Waals surface area contributed by atoms with E-state index in [1.54, 1.807) is 30.7 Å². The topological polar surface area (TPSA) is 58.1 Å². The van der Waals surface area contributed by atoms with Crippen molar-refractivity contribution in [3.8, 4) is 0 Å². The molecule has 2 heterocycles. The first kappa shape index (κ1) is 17.5. The fourth-order valence-corrected chi connectivity index (χ4v) is 3.22. The predicted molar refractivity (Wildman–Crippen MR) is 93.3 cm³/mol. The van der Waals surface area contributed by atoms with Crippen LogP contribution in [0.5, 0.6) is 0 Å². The number of piperidine rings is 1. The molecular formula is C19H23FN4O. The number of carbonyl (C=O) groups excluding carboxylic acids is 1. The Labute approximate surface area is 147 Å². The highest BCUT2D eigenvalue weighted by molar-refractivity contribution is 5.83. The monoisotopic (exact) mass is 342 g/mol. The highest BCUT2D eigenvalue weighted by Gasteiger charge is 2.28. The van der Waals surface area contributed by atoms with Gasteiger partial charge in [0.1, 0.15) is 11.9 Å². The van der Waals surface area contributed by atoms with Gasteiger partial charge >= 0.3 is 0 Å². The second-order valence-electron chi connectivity index (χ2n) is 6.29. The van der Waals surface area contributed by atoms with Gasteiger partial charge in [-0.2, -0.15) is 0 Å². The Balaban J connectivity index is 1.67. The zero-order valence-electron chi connectivity index (χ0n) is 14.2. The van der Waals surface area contributed by atoms with E-state index in [0.29, 0.717) is 13.0 Å². The maximum absolute atomic E-state index is 13.3. The summed E-state index contributed by atoms with van der Waals surface area (Å²) in [5.74, 6) is -0.332. The molecule has 1 saturated heterocycles. The number of likely N-dealkylation sites (tertiary alicyclic amines) is 1. The molecule has 1 aromatic heterocycles. The van der Waals surface area contributed by atoms with Crippen molar-refractivity contribution < 1.29 is 9.18 Å². The second-order valence-corrected chi connectivity index (χ2v) is 6.29. The van der Waals surface area contributed by atoms with Crippen molar-refractivity contribution in [2.24, 2.45) is 0 Å². The fourth-order valence-electron chi connectivity index (χ4n) is 3.22. The Morgan fingerprint density at radius 2 is 1.92 bits per heavy atom. The largest absolute Gasteiger partial charge is 0.354 e. The predicted octanol–water partition coefficient (Wildman–Crippen LogP) is 2.50. The lowest BCUT2D eigenvalue weighted by Crippen LogP contribution is -2.43. The molecule has 0 radical (unpaired) electrons. The molecular weight excluding hydrogens is 319 g/mol. The average molecular weight is 342 g/mol. The summed E-state index contributed by atoms with van der Waals surface area (Å²) in [7, 11) is 0. The van der Waals surface area contributed by atoms with Crippen LogP contribution in [-0.4, -0.2) is 40.4 Å². The maximum atomic E-state index is 13.3. The van der Waals surface area contributed by atoms with Crippen LogP contribution in [0.15, 0.2) is 42.9 Å². The quantitative estimate of drug-likeness (QED) is 0.876. The summed E-state index contributed by atoms with van der Waals surface area (Å²) in [5, 5.41) is 3.00. The molecule has 1 fully saturated rings. The van der Waals surface area contributed by atoms with E-state index in [1.165, 1.54) is 18.6 Å². The van der Waals surface area contributed by atoms with Crippen molar-refractivity contribution in [1.82, 2.24) is 20.2 Å². The number of benzene rings is 1. The fraction of sp³-hybridized carbons (Fsp3) is 0.421. The minimum absolute atomic E-state index is 0.0441. The number of carbonyl (C=O) groups is 1. The van der Waals surface area contributed by atoms with Crippen LogP contribution >= 0.6 is 0 Å². The number of halogens is 1. The van der Waals surface area contributed by atoms with Gasteiger partial charge in [0.05, 0.1) is 5.69 Å². The number of hydrogen-bond donors (Lipinski definition) is 1. The van der Waals surface area contributed by atoms with Gasteiger partial charge in [-0.05, 0) is 43.6 Å². The Hall–Kier alpha value is -2.34. The zero-order chi connectivity index (χ0) is 17.5. The molecule has 1 amide bonds. The highest BCUT2D eigenvalue weighted by atomic mass is 19.1. The highest BCUT2D eigenvalue weighted by Crippen LogP contribution is 2.25. The lowest BCUT2D eigenvalue weighted by molar-refractivity contribution is -0.127. The van der Waals surface area contributed by atoms with E-state index >= 15 is 0 Å². The molecule has 1 atom stereocenters. The standard InChI is InChI=1S/C19H23FN4O/c20-16-6-4-15(5-7-16)18(24-12-2-1-3-13-24)19(25)23-9-8-17-14-21-10-11-22-17/h4-7,10-11,14,18H,1-3,8-9,12-13H2,(H,23,25)/t18-/m1/s1. The van der Waals surface area contributed by atoms with Gasteiger partial charge in [-0.1, -0.05) is 18.6 Å². The van der Waals surface area contributed by atoms with Gasteiger partial charge in [0.15, 0.2) is 0 Å². The Morgan fingerprint density at radius 1 is 1.16 bits per heavy atom. The molecule has 1 N–H and O–H groups in total. The molecule has 6 heteroatoms. The van der Waals surface area contributed by atoms with E-state index in [4.69, 9.17) is 0 Å². The van der Waals surface area contributed by atoms with Gasteiger partial charge in [0.2, 0.25) is 5.91 Å². The Bertz CT molecular complexity index is 672. The van der Waals surface area contributed by atoms with Crippen LogP contribution in [0.3, 0.4) is 0 Å². The minimum Gasteiger partial charge on any atom is -0.354 e. The number of nitrogens with zero attached hydrogens (tertiary/aromatic N) is 3. The molecule has 132 valence electrons. The van der Waals surface area contributed by atoms with Crippen LogP contribution < -0.4 is 5.32 Å². The van der Waals surface area contributed by atoms with Crippen LogP contribution in [0.2, 0.25) is 0 Å². The first-order valence-corrected chi connectivity index (χ1v) is 8.76. The first-order valence-electron chi connectivity index (χ1n) is 8.76. The molecule has 1 aromatic carbocycles. The van der Waals surface area contributed by atoms with Gasteiger partial charge in [-0.3, -0.25) is 19.7 Å². The normalized spacial score (nSPS) is 16.4. The summed E-state index contributed by atoms with van der Waals surface area (Å²) in [6, 6.07) is 5.87. The van der Waals surface area contributed by atoms with Gasteiger partial charge in [0, 0.05) is 31.6 Å². The van der Waals surface area contributed by atoms with Crippen molar-refractivity contribution in [3.05, 3.63) is 59.9 Å². The number of nitrogens with one attached hydrogen (secondary N) is 1. The van der Waals surface area contributed by atoms with Gasteiger partial charge in [-0.25, -0.2) is 4.39 Å². The van der Waals surface area contributed by atoms with Crippen LogP contribution in [0.1, 0.15) is 36.6 Å². The molecule has 3 rings (SSSR count). The molecule has 1 aliphatic heterocycles. The molecule has 25 heavy (non-hydrogen) atoms. The summed E-state index contributed by atoms with van der Waals surface area (Å²) >= 11 is 0. The molecule has 0 aliphatic carbocycles. The third kappa shape index (κ3) is 4.82. The average Bonchev–Trinajstić information content (AvgIpc) is 2.65. The first-order chi connectivity index (χ1) is 12.2. The lowest BCUT2D eigenvalue weighted by atomic mass is 10.0. The molecule has 0 bridgehead atoms. The summed E-state index contributed by atoms with van der Waals surface area (Å²) in [6.07, 6.45) is 8.98. The summed E-state index contributed by atoms with van der Waals surface area (Å²) in [5.41, 5.74) is 1.68. The van der Waals surface area contributed by atoms with Crippen molar-refractivity contribution >= 4 is 5.91 Å². The van der Waals surface area contributed by atoms with E-state index in [2.05, 4.69) is 20.2 Å². The third-order valence-electron chi connectivity index (χ3n) is 4.49. The van der Waals surface area contributed by atoms with Gasteiger partial charge in [0.25, 0.3) is 0 Å². The Morgan fingerprint density at radius 3 is 2.60 bits per heavy atom. The van der Waals surface area contributed by atoms with E-state index < -0.39 is 0 Å². The van der Waals surface area contributed by atoms with Crippen molar-refractivity contribution in [2.45, 2.75) is 31.7 Å². The molecule has 5 nitrogen and oxygen atoms in total. The minimum atomic E-state index is -0.372. The zero-order valence-corrected chi connectivity index (χ0v) is 14.2. The maximum Gasteiger partial charge on any atom is 0.241 e. The van der Waals surface area contributed by atoms with Crippen LogP contribution in [0, 0.1) is 5.82 Å². The van der Waals surface area contributed by atoms with E-state index in [0.717, 1.165) is 37.2 Å². The molecule has 0 saturated carbocycles. The SMILES string of the molecule is O=C(NCCc1cnccn1)[C@@H](c1ccc(F)cc1)N1CCCCC1. The molecule has 1 aliphatic rings. The summed E-state index contributed by atoms with van der Waals surface area (Å²) in [6.45, 7) is 2.28. The van der Waals surface area contributed by atoms with Gasteiger partial charge in [-0.15, -0.1) is 0 Å². The lowest BCUT2D eigenvalue weighted by Gasteiger charge is -2.34. The van der Waals surface area contributed by atoms with Crippen LogP contribution in [0.4, 0.5) is 4.39 Å². The van der Waals surface area contributed by atoms with E-state index in [-0.39, 0.29) is 17.8 Å². The number of rotatable bonds is 6. The Kier molecular flexibility index (Phi) is 6.06. The van der Waals surface area contributed by atoms with Crippen molar-refractivity contribution in [2.75, 3.05) is 19.6 Å². The van der Waals surface area contributed by atoms with Crippen molar-refractivity contribution in [3.63, 3.8) is 0 Å². The third-order valence-corrected chi connectivity index (χ3v) is 4.49. The summed E-state index contributed by atoms with van der Waals surface area (Å²) < 4.78 is 13.3. The number of hydrogen-bond acceptors (Lipinski definition) is 4. The molecule has 0 spiro atoms. The number of aromatic nitrogens is 2. The summed E-state index contributed by atoms with van der Waals surface area (Å²) in [4.78, 5) is 23.3. The second kappa shape index (κ2) is 8.67. The van der Waals surface area contributed by atoms with Gasteiger partial charge < -0.3 is 5.32 Å². The van der Waals surface area contributed by atoms with Crippen LogP contribution in [0.25, 0.3) is 0 Å². The molecule has 2 aromatic rings.